The minimum absolute atomic E-state index is 0.738. The third-order valence-corrected chi connectivity index (χ3v) is 4.47. The summed E-state index contributed by atoms with van der Waals surface area (Å²) in [6.07, 6.45) is 7.50. The number of rotatable bonds is 4. The van der Waals surface area contributed by atoms with E-state index in [1.165, 1.54) is 30.5 Å². The number of fused-ring (bicyclic) bond motifs is 2. The lowest BCUT2D eigenvalue weighted by Crippen LogP contribution is -2.26. The lowest BCUT2D eigenvalue weighted by Gasteiger charge is -2.29. The van der Waals surface area contributed by atoms with E-state index in [0.717, 1.165) is 24.2 Å². The fourth-order valence-corrected chi connectivity index (χ4v) is 3.66. The molecule has 1 aromatic carbocycles. The van der Waals surface area contributed by atoms with Crippen molar-refractivity contribution in [2.45, 2.75) is 25.7 Å². The largest absolute Gasteiger partial charge is 0.280 e. The molecule has 2 bridgehead atoms. The number of hydrogen-bond acceptors (Lipinski definition) is 2. The summed E-state index contributed by atoms with van der Waals surface area (Å²) in [7, 11) is 1.69. The van der Waals surface area contributed by atoms with Gasteiger partial charge in [-0.05, 0) is 49.0 Å². The van der Waals surface area contributed by atoms with Gasteiger partial charge in [0, 0.05) is 5.70 Å². The zero-order valence-corrected chi connectivity index (χ0v) is 10.9. The van der Waals surface area contributed by atoms with Crippen molar-refractivity contribution in [3.05, 3.63) is 47.7 Å². The van der Waals surface area contributed by atoms with Crippen LogP contribution in [0, 0.1) is 17.8 Å². The van der Waals surface area contributed by atoms with Gasteiger partial charge in [-0.1, -0.05) is 36.4 Å². The zero-order valence-electron chi connectivity index (χ0n) is 10.9. The van der Waals surface area contributed by atoms with Crippen LogP contribution in [0.25, 0.3) is 0 Å². The number of nitrogens with one attached hydrogen (secondary N) is 1. The molecule has 1 aromatic rings. The first kappa shape index (κ1) is 11.8. The topological polar surface area (TPSA) is 21.3 Å². The first-order valence-corrected chi connectivity index (χ1v) is 6.90. The highest BCUT2D eigenvalue weighted by atomic mass is 16.6. The van der Waals surface area contributed by atoms with Crippen LogP contribution >= 0.6 is 0 Å². The van der Waals surface area contributed by atoms with Crippen molar-refractivity contribution in [3.63, 3.8) is 0 Å². The van der Waals surface area contributed by atoms with Crippen LogP contribution in [0.2, 0.25) is 0 Å². The minimum Gasteiger partial charge on any atom is -0.280 e. The molecule has 0 heterocycles. The van der Waals surface area contributed by atoms with Crippen molar-refractivity contribution in [2.24, 2.45) is 17.8 Å². The van der Waals surface area contributed by atoms with Gasteiger partial charge in [-0.25, -0.2) is 0 Å². The van der Waals surface area contributed by atoms with Gasteiger partial charge in [-0.15, -0.1) is 0 Å². The Kier molecular flexibility index (Phi) is 3.37. The number of benzene rings is 1. The monoisotopic (exact) mass is 243 g/mol. The lowest BCUT2D eigenvalue weighted by molar-refractivity contribution is 0.107. The molecule has 1 saturated carbocycles. The van der Waals surface area contributed by atoms with Crippen molar-refractivity contribution in [2.75, 3.05) is 7.11 Å². The third-order valence-electron chi connectivity index (χ3n) is 4.47. The standard InChI is InChI=1S/C16H21NO/c1-18-17-15-10-13-7-8-14(11-15)16(13)9-12-5-3-2-4-6-12/h2-6,10,13-14,16-17H,7-9,11H2,1H3. The van der Waals surface area contributed by atoms with Gasteiger partial charge in [0.05, 0.1) is 7.11 Å². The molecule has 0 radical (unpaired) electrons. The number of allylic oxidation sites excluding steroid dienone is 2. The molecule has 2 aliphatic rings. The molecule has 96 valence electrons. The Hall–Kier alpha value is -1.28. The molecule has 0 amide bonds. The van der Waals surface area contributed by atoms with Crippen molar-refractivity contribution in [1.29, 1.82) is 0 Å². The minimum atomic E-state index is 0.738. The van der Waals surface area contributed by atoms with E-state index in [2.05, 4.69) is 41.9 Å². The third kappa shape index (κ3) is 2.30. The summed E-state index contributed by atoms with van der Waals surface area (Å²) in [4.78, 5) is 5.04. The zero-order chi connectivity index (χ0) is 12.4. The smallest absolute Gasteiger partial charge is 0.0636 e. The summed E-state index contributed by atoms with van der Waals surface area (Å²) in [6, 6.07) is 10.9. The summed E-state index contributed by atoms with van der Waals surface area (Å²) in [5, 5.41) is 0. The second-order valence-corrected chi connectivity index (χ2v) is 5.56. The van der Waals surface area contributed by atoms with Gasteiger partial charge in [0.1, 0.15) is 0 Å². The Morgan fingerprint density at radius 2 is 2.06 bits per heavy atom. The highest BCUT2D eigenvalue weighted by Crippen LogP contribution is 2.46. The maximum absolute atomic E-state index is 5.04. The van der Waals surface area contributed by atoms with Crippen LogP contribution < -0.4 is 5.48 Å². The van der Waals surface area contributed by atoms with Gasteiger partial charge >= 0.3 is 0 Å². The fraction of sp³-hybridized carbons (Fsp3) is 0.500. The van der Waals surface area contributed by atoms with E-state index in [-0.39, 0.29) is 0 Å². The van der Waals surface area contributed by atoms with E-state index in [0.29, 0.717) is 0 Å². The maximum atomic E-state index is 5.04. The van der Waals surface area contributed by atoms with E-state index in [9.17, 15) is 0 Å². The van der Waals surface area contributed by atoms with Crippen LogP contribution in [-0.4, -0.2) is 7.11 Å². The van der Waals surface area contributed by atoms with Crippen molar-refractivity contribution < 1.29 is 4.84 Å². The summed E-state index contributed by atoms with van der Waals surface area (Å²) < 4.78 is 0. The fourth-order valence-electron chi connectivity index (χ4n) is 3.66. The molecule has 1 N–H and O–H groups in total. The normalized spacial score (nSPS) is 30.1. The average Bonchev–Trinajstić information content (AvgIpc) is 2.63. The Labute approximate surface area is 109 Å². The molecule has 3 rings (SSSR count). The molecule has 0 aromatic heterocycles. The molecule has 3 atom stereocenters. The van der Waals surface area contributed by atoms with E-state index in [4.69, 9.17) is 4.84 Å². The maximum Gasteiger partial charge on any atom is 0.0636 e. The van der Waals surface area contributed by atoms with E-state index in [1.807, 2.05) is 0 Å². The summed E-state index contributed by atoms with van der Waals surface area (Å²) in [6.45, 7) is 0. The van der Waals surface area contributed by atoms with Crippen LogP contribution in [0.15, 0.2) is 42.1 Å². The highest BCUT2D eigenvalue weighted by Gasteiger charge is 2.38. The van der Waals surface area contributed by atoms with Gasteiger partial charge in [0.25, 0.3) is 0 Å². The van der Waals surface area contributed by atoms with Crippen LogP contribution in [0.3, 0.4) is 0 Å². The Morgan fingerprint density at radius 1 is 1.22 bits per heavy atom. The van der Waals surface area contributed by atoms with Gasteiger partial charge in [-0.2, -0.15) is 0 Å². The van der Waals surface area contributed by atoms with Gasteiger partial charge in [0.2, 0.25) is 0 Å². The lowest BCUT2D eigenvalue weighted by atomic mass is 9.78. The predicted octanol–water partition coefficient (Wildman–Crippen LogP) is 3.31. The van der Waals surface area contributed by atoms with Crippen molar-refractivity contribution in [3.8, 4) is 0 Å². The van der Waals surface area contributed by atoms with Crippen LogP contribution in [0.5, 0.6) is 0 Å². The first-order valence-electron chi connectivity index (χ1n) is 6.90. The molecule has 2 nitrogen and oxygen atoms in total. The van der Waals surface area contributed by atoms with E-state index >= 15 is 0 Å². The summed E-state index contributed by atoms with van der Waals surface area (Å²) in [5.74, 6) is 2.40. The highest BCUT2D eigenvalue weighted by molar-refractivity contribution is 5.19. The molecule has 0 spiro atoms. The molecular weight excluding hydrogens is 222 g/mol. The van der Waals surface area contributed by atoms with Crippen molar-refractivity contribution >= 4 is 0 Å². The van der Waals surface area contributed by atoms with E-state index in [1.54, 1.807) is 7.11 Å². The molecule has 0 saturated heterocycles. The molecule has 1 fully saturated rings. The van der Waals surface area contributed by atoms with Crippen LogP contribution in [0.4, 0.5) is 0 Å². The average molecular weight is 243 g/mol. The summed E-state index contributed by atoms with van der Waals surface area (Å²) in [5.41, 5.74) is 5.80. The second kappa shape index (κ2) is 5.15. The van der Waals surface area contributed by atoms with Gasteiger partial charge in [0.15, 0.2) is 0 Å². The Bertz CT molecular complexity index is 426. The molecule has 2 heteroatoms. The number of hydrogen-bond donors (Lipinski definition) is 1. The Balaban J connectivity index is 1.72. The number of hydroxylamine groups is 1. The van der Waals surface area contributed by atoms with Crippen LogP contribution in [-0.2, 0) is 11.3 Å². The SMILES string of the molecule is CONC1=CC2CCC(C1)C2Cc1ccccc1. The first-order chi connectivity index (χ1) is 8.86. The molecule has 0 aliphatic heterocycles. The van der Waals surface area contributed by atoms with Gasteiger partial charge in [-0.3, -0.25) is 10.3 Å². The predicted molar refractivity (Wildman–Crippen MR) is 72.7 cm³/mol. The quantitative estimate of drug-likeness (QED) is 0.819. The second-order valence-electron chi connectivity index (χ2n) is 5.56. The van der Waals surface area contributed by atoms with E-state index < -0.39 is 0 Å². The van der Waals surface area contributed by atoms with Crippen molar-refractivity contribution in [1.82, 2.24) is 5.48 Å². The van der Waals surface area contributed by atoms with Gasteiger partial charge < -0.3 is 0 Å². The van der Waals surface area contributed by atoms with Crippen LogP contribution in [0.1, 0.15) is 24.8 Å². The molecule has 18 heavy (non-hydrogen) atoms. The summed E-state index contributed by atoms with van der Waals surface area (Å²) >= 11 is 0. The molecular formula is C16H21NO. The molecule has 2 aliphatic carbocycles. The Morgan fingerprint density at radius 3 is 2.78 bits per heavy atom. The molecule has 3 unspecified atom stereocenters.